The van der Waals surface area contributed by atoms with Crippen LogP contribution in [0.2, 0.25) is 0 Å². The molecule has 1 aliphatic carbocycles. The fraction of sp³-hybridized carbons (Fsp3) is 0.583. The van der Waals surface area contributed by atoms with Gasteiger partial charge in [0, 0.05) is 24.7 Å². The molecule has 0 amide bonds. The van der Waals surface area contributed by atoms with Gasteiger partial charge < -0.3 is 0 Å². The highest BCUT2D eigenvalue weighted by Gasteiger charge is 2.45. The maximum Gasteiger partial charge on any atom is 0.249 e. The highest BCUT2D eigenvalue weighted by Crippen LogP contribution is 2.47. The summed E-state index contributed by atoms with van der Waals surface area (Å²) in [7, 11) is 0. The Morgan fingerprint density at radius 1 is 1.27 bits per heavy atom. The fourth-order valence-corrected chi connectivity index (χ4v) is 1.62. The van der Waals surface area contributed by atoms with Crippen LogP contribution < -0.4 is 0 Å². The minimum Gasteiger partial charge on any atom is -0.261 e. The summed E-state index contributed by atoms with van der Waals surface area (Å²) in [5.41, 5.74) is 1.87. The second-order valence-electron chi connectivity index (χ2n) is 3.69. The van der Waals surface area contributed by atoms with Crippen molar-refractivity contribution in [2.45, 2.75) is 45.5 Å². The van der Waals surface area contributed by atoms with Crippen molar-refractivity contribution in [2.24, 2.45) is 0 Å². The second kappa shape index (κ2) is 4.69. The number of aromatic nitrogens is 1. The molecule has 0 atom stereocenters. The van der Waals surface area contributed by atoms with Crippen molar-refractivity contribution >= 4 is 0 Å². The van der Waals surface area contributed by atoms with Gasteiger partial charge in [-0.25, -0.2) is 8.78 Å². The highest BCUT2D eigenvalue weighted by atomic mass is 19.3. The Bertz CT molecular complexity index is 298. The highest BCUT2D eigenvalue weighted by molar-refractivity contribution is 5.21. The first-order valence-corrected chi connectivity index (χ1v) is 5.37. The molecule has 1 aliphatic rings. The van der Waals surface area contributed by atoms with Crippen LogP contribution in [-0.2, 0) is 0 Å². The van der Waals surface area contributed by atoms with E-state index in [1.54, 1.807) is 6.20 Å². The molecular weight excluding hydrogens is 196 g/mol. The molecule has 0 radical (unpaired) electrons. The average molecular weight is 213 g/mol. The Morgan fingerprint density at radius 2 is 1.87 bits per heavy atom. The average Bonchev–Trinajstić information content (AvgIpc) is 2.18. The smallest absolute Gasteiger partial charge is 0.249 e. The quantitative estimate of drug-likeness (QED) is 0.688. The summed E-state index contributed by atoms with van der Waals surface area (Å²) < 4.78 is 25.1. The number of nitrogens with zero attached hydrogens (tertiary/aromatic N) is 1. The summed E-state index contributed by atoms with van der Waals surface area (Å²) >= 11 is 0. The molecule has 0 unspecified atom stereocenters. The lowest BCUT2D eigenvalue weighted by Crippen LogP contribution is -2.33. The van der Waals surface area contributed by atoms with Gasteiger partial charge in [0.05, 0.1) is 0 Å². The van der Waals surface area contributed by atoms with Gasteiger partial charge in [-0.3, -0.25) is 4.98 Å². The van der Waals surface area contributed by atoms with Crippen LogP contribution in [0.1, 0.15) is 43.9 Å². The Labute approximate surface area is 89.5 Å². The van der Waals surface area contributed by atoms with E-state index in [2.05, 4.69) is 4.98 Å². The van der Waals surface area contributed by atoms with Gasteiger partial charge in [-0.1, -0.05) is 19.9 Å². The van der Waals surface area contributed by atoms with E-state index in [1.165, 1.54) is 0 Å². The Kier molecular flexibility index (Phi) is 3.77. The van der Waals surface area contributed by atoms with Gasteiger partial charge in [-0.05, 0) is 24.5 Å². The van der Waals surface area contributed by atoms with E-state index < -0.39 is 5.92 Å². The first kappa shape index (κ1) is 12.1. The van der Waals surface area contributed by atoms with Crippen molar-refractivity contribution in [3.63, 3.8) is 0 Å². The molecule has 1 fully saturated rings. The minimum atomic E-state index is -2.43. The zero-order valence-corrected chi connectivity index (χ0v) is 9.43. The van der Waals surface area contributed by atoms with Gasteiger partial charge in [0.1, 0.15) is 0 Å². The van der Waals surface area contributed by atoms with E-state index in [1.807, 2.05) is 32.9 Å². The number of aryl methyl sites for hydroxylation is 1. The molecule has 0 bridgehead atoms. The van der Waals surface area contributed by atoms with Crippen LogP contribution in [0.25, 0.3) is 0 Å². The molecule has 1 saturated carbocycles. The molecule has 15 heavy (non-hydrogen) atoms. The first-order valence-electron chi connectivity index (χ1n) is 5.37. The predicted molar refractivity (Wildman–Crippen MR) is 57.2 cm³/mol. The molecule has 1 aromatic rings. The molecule has 1 aromatic heterocycles. The third kappa shape index (κ3) is 2.98. The Morgan fingerprint density at radius 3 is 2.27 bits per heavy atom. The number of hydrogen-bond donors (Lipinski definition) is 0. The SMILES string of the molecule is CC.Cc1ccc(C2CC(F)(F)C2)cn1. The molecule has 0 N–H and O–H groups in total. The third-order valence-corrected chi connectivity index (χ3v) is 2.50. The third-order valence-electron chi connectivity index (χ3n) is 2.50. The van der Waals surface area contributed by atoms with E-state index in [0.717, 1.165) is 11.3 Å². The molecule has 1 heterocycles. The number of alkyl halides is 2. The van der Waals surface area contributed by atoms with Crippen LogP contribution in [-0.4, -0.2) is 10.9 Å². The van der Waals surface area contributed by atoms with Crippen molar-refractivity contribution in [3.05, 3.63) is 29.6 Å². The van der Waals surface area contributed by atoms with Crippen LogP contribution in [0.4, 0.5) is 8.78 Å². The summed E-state index contributed by atoms with van der Waals surface area (Å²) in [5, 5.41) is 0. The number of pyridine rings is 1. The maximum absolute atomic E-state index is 12.5. The summed E-state index contributed by atoms with van der Waals surface area (Å²) in [6.45, 7) is 5.89. The van der Waals surface area contributed by atoms with Gasteiger partial charge in [0.25, 0.3) is 0 Å². The molecule has 0 spiro atoms. The van der Waals surface area contributed by atoms with Crippen molar-refractivity contribution < 1.29 is 8.78 Å². The van der Waals surface area contributed by atoms with E-state index >= 15 is 0 Å². The van der Waals surface area contributed by atoms with Crippen molar-refractivity contribution in [1.29, 1.82) is 0 Å². The topological polar surface area (TPSA) is 12.9 Å². The van der Waals surface area contributed by atoms with E-state index in [4.69, 9.17) is 0 Å². The van der Waals surface area contributed by atoms with Gasteiger partial charge in [-0.15, -0.1) is 0 Å². The molecule has 2 rings (SSSR count). The predicted octanol–water partition coefficient (Wildman–Crippen LogP) is 3.93. The van der Waals surface area contributed by atoms with E-state index in [0.29, 0.717) is 0 Å². The standard InChI is InChI=1S/C10H11F2N.C2H6/c1-7-2-3-8(6-13-7)9-4-10(11,12)5-9;1-2/h2-3,6,9H,4-5H2,1H3;1-2H3. The monoisotopic (exact) mass is 213 g/mol. The summed E-state index contributed by atoms with van der Waals surface area (Å²) in [4.78, 5) is 4.08. The van der Waals surface area contributed by atoms with Crippen LogP contribution in [0.3, 0.4) is 0 Å². The maximum atomic E-state index is 12.5. The van der Waals surface area contributed by atoms with Crippen molar-refractivity contribution in [2.75, 3.05) is 0 Å². The molecule has 0 saturated heterocycles. The molecule has 1 nitrogen and oxygen atoms in total. The minimum absolute atomic E-state index is 0.0161. The van der Waals surface area contributed by atoms with Gasteiger partial charge in [-0.2, -0.15) is 0 Å². The number of hydrogen-bond acceptors (Lipinski definition) is 1. The lowest BCUT2D eigenvalue weighted by Gasteiger charge is -2.34. The van der Waals surface area contributed by atoms with Crippen LogP contribution >= 0.6 is 0 Å². The molecule has 0 aliphatic heterocycles. The number of halogens is 2. The Hall–Kier alpha value is -0.990. The molecule has 0 aromatic carbocycles. The fourth-order valence-electron chi connectivity index (χ4n) is 1.62. The first-order chi connectivity index (χ1) is 7.07. The van der Waals surface area contributed by atoms with Crippen LogP contribution in [0, 0.1) is 6.92 Å². The van der Waals surface area contributed by atoms with Crippen LogP contribution in [0.15, 0.2) is 18.3 Å². The summed E-state index contributed by atoms with van der Waals surface area (Å²) in [6.07, 6.45) is 1.67. The summed E-state index contributed by atoms with van der Waals surface area (Å²) in [6, 6.07) is 3.76. The van der Waals surface area contributed by atoms with Crippen molar-refractivity contribution in [1.82, 2.24) is 4.98 Å². The largest absolute Gasteiger partial charge is 0.261 e. The van der Waals surface area contributed by atoms with Crippen molar-refractivity contribution in [3.8, 4) is 0 Å². The normalized spacial score (nSPS) is 18.7. The molecular formula is C12H17F2N. The van der Waals surface area contributed by atoms with Crippen LogP contribution in [0.5, 0.6) is 0 Å². The van der Waals surface area contributed by atoms with Gasteiger partial charge >= 0.3 is 0 Å². The zero-order valence-electron chi connectivity index (χ0n) is 9.43. The molecule has 3 heteroatoms. The van der Waals surface area contributed by atoms with E-state index in [-0.39, 0.29) is 18.8 Å². The molecule has 84 valence electrons. The lowest BCUT2D eigenvalue weighted by atomic mass is 9.77. The number of rotatable bonds is 1. The zero-order chi connectivity index (χ0) is 11.5. The van der Waals surface area contributed by atoms with E-state index in [9.17, 15) is 8.78 Å². The Balaban J connectivity index is 0.000000531. The van der Waals surface area contributed by atoms with Gasteiger partial charge in [0.15, 0.2) is 0 Å². The second-order valence-corrected chi connectivity index (χ2v) is 3.69. The summed E-state index contributed by atoms with van der Waals surface area (Å²) in [5.74, 6) is -2.42. The lowest BCUT2D eigenvalue weighted by molar-refractivity contribution is -0.0868. The van der Waals surface area contributed by atoms with Gasteiger partial charge in [0.2, 0.25) is 5.92 Å².